The van der Waals surface area contributed by atoms with Crippen molar-refractivity contribution < 1.29 is 14.3 Å². The number of rotatable bonds is 10. The van der Waals surface area contributed by atoms with Crippen molar-refractivity contribution in [3.8, 4) is 5.75 Å². The van der Waals surface area contributed by atoms with Crippen LogP contribution < -0.4 is 10.1 Å². The first-order valence-corrected chi connectivity index (χ1v) is 7.09. The van der Waals surface area contributed by atoms with Crippen molar-refractivity contribution in [2.75, 3.05) is 19.8 Å². The highest BCUT2D eigenvalue weighted by Crippen LogP contribution is 2.06. The first-order chi connectivity index (χ1) is 9.68. The van der Waals surface area contributed by atoms with Gasteiger partial charge in [0.25, 0.3) is 0 Å². The summed E-state index contributed by atoms with van der Waals surface area (Å²) in [4.78, 5) is 15.5. The van der Waals surface area contributed by atoms with Gasteiger partial charge in [0, 0.05) is 25.8 Å². The van der Waals surface area contributed by atoms with E-state index in [1.807, 2.05) is 26.0 Å². The van der Waals surface area contributed by atoms with Crippen LogP contribution in [0.2, 0.25) is 0 Å². The molecule has 1 amide bonds. The Balaban J connectivity index is 1.95. The maximum absolute atomic E-state index is 11.5. The Bertz CT molecular complexity index is 369. The molecule has 0 unspecified atom stereocenters. The highest BCUT2D eigenvalue weighted by atomic mass is 16.5. The molecule has 0 bridgehead atoms. The molecule has 0 aromatic carbocycles. The maximum Gasteiger partial charge on any atom is 0.220 e. The topological polar surface area (TPSA) is 60.5 Å². The first-order valence-electron chi connectivity index (χ1n) is 7.09. The van der Waals surface area contributed by atoms with Gasteiger partial charge in [-0.3, -0.25) is 9.78 Å². The molecule has 1 aromatic rings. The van der Waals surface area contributed by atoms with Crippen LogP contribution in [0, 0.1) is 0 Å². The van der Waals surface area contributed by atoms with Gasteiger partial charge in [0.05, 0.1) is 18.9 Å². The number of nitrogens with zero attached hydrogens (tertiary/aromatic N) is 1. The smallest absolute Gasteiger partial charge is 0.220 e. The van der Waals surface area contributed by atoms with Crippen molar-refractivity contribution >= 4 is 5.91 Å². The molecule has 1 N–H and O–H groups in total. The van der Waals surface area contributed by atoms with Gasteiger partial charge in [0.1, 0.15) is 5.75 Å². The zero-order chi connectivity index (χ0) is 14.6. The highest BCUT2D eigenvalue weighted by Gasteiger charge is 2.01. The molecule has 112 valence electrons. The van der Waals surface area contributed by atoms with E-state index in [4.69, 9.17) is 9.47 Å². The third-order valence-electron chi connectivity index (χ3n) is 2.55. The van der Waals surface area contributed by atoms with Gasteiger partial charge in [0.2, 0.25) is 5.91 Å². The molecule has 0 spiro atoms. The molecule has 1 aromatic heterocycles. The minimum absolute atomic E-state index is 0.0596. The normalized spacial score (nSPS) is 10.6. The summed E-state index contributed by atoms with van der Waals surface area (Å²) in [6.45, 7) is 5.87. The molecule has 0 aliphatic carbocycles. The van der Waals surface area contributed by atoms with E-state index in [9.17, 15) is 4.79 Å². The summed E-state index contributed by atoms with van der Waals surface area (Å²) < 4.78 is 10.9. The Morgan fingerprint density at radius 1 is 1.35 bits per heavy atom. The lowest BCUT2D eigenvalue weighted by atomic mass is 10.3. The summed E-state index contributed by atoms with van der Waals surface area (Å²) in [6.07, 6.45) is 5.62. The van der Waals surface area contributed by atoms with E-state index in [1.165, 1.54) is 0 Å². The van der Waals surface area contributed by atoms with Gasteiger partial charge in [-0.15, -0.1) is 0 Å². The van der Waals surface area contributed by atoms with E-state index < -0.39 is 0 Å². The molecule has 5 heteroatoms. The monoisotopic (exact) mass is 280 g/mol. The number of amides is 1. The van der Waals surface area contributed by atoms with Crippen LogP contribution in [-0.2, 0) is 9.53 Å². The number of nitrogens with one attached hydrogen (secondary N) is 1. The minimum atomic E-state index is 0.0596. The lowest BCUT2D eigenvalue weighted by Gasteiger charge is -2.08. The molecule has 0 aliphatic heterocycles. The third-order valence-corrected chi connectivity index (χ3v) is 2.55. The van der Waals surface area contributed by atoms with Crippen LogP contribution in [-0.4, -0.2) is 36.8 Å². The van der Waals surface area contributed by atoms with Gasteiger partial charge in [0.15, 0.2) is 0 Å². The Kier molecular flexibility index (Phi) is 8.38. The van der Waals surface area contributed by atoms with Crippen molar-refractivity contribution in [2.24, 2.45) is 0 Å². The predicted molar refractivity (Wildman–Crippen MR) is 77.7 cm³/mol. The van der Waals surface area contributed by atoms with Gasteiger partial charge < -0.3 is 14.8 Å². The minimum Gasteiger partial charge on any atom is -0.492 e. The van der Waals surface area contributed by atoms with Crippen molar-refractivity contribution in [2.45, 2.75) is 39.2 Å². The maximum atomic E-state index is 11.5. The third kappa shape index (κ3) is 8.48. The quantitative estimate of drug-likeness (QED) is 0.667. The number of carbonyl (C=O) groups excluding carboxylic acids is 1. The van der Waals surface area contributed by atoms with Gasteiger partial charge in [-0.05, 0) is 38.8 Å². The molecule has 0 saturated carbocycles. The van der Waals surface area contributed by atoms with Crippen LogP contribution >= 0.6 is 0 Å². The zero-order valence-electron chi connectivity index (χ0n) is 12.3. The molecular weight excluding hydrogens is 256 g/mol. The molecule has 0 atom stereocenters. The Morgan fingerprint density at radius 3 is 2.90 bits per heavy atom. The second-order valence-corrected chi connectivity index (χ2v) is 4.76. The lowest BCUT2D eigenvalue weighted by molar-refractivity contribution is -0.121. The molecule has 0 radical (unpaired) electrons. The molecular formula is C15H24N2O3. The zero-order valence-corrected chi connectivity index (χ0v) is 12.3. The van der Waals surface area contributed by atoms with Crippen molar-refractivity contribution in [1.82, 2.24) is 10.3 Å². The number of hydrogen-bond acceptors (Lipinski definition) is 4. The van der Waals surface area contributed by atoms with Gasteiger partial charge in [-0.25, -0.2) is 0 Å². The standard InChI is InChI=1S/C15H24N2O3/c1-13(2)19-11-5-9-17-15(18)7-4-10-20-14-6-3-8-16-12-14/h3,6,8,12-13H,4-5,7,9-11H2,1-2H3,(H,17,18). The fourth-order valence-electron chi connectivity index (χ4n) is 1.56. The van der Waals surface area contributed by atoms with Crippen molar-refractivity contribution in [3.63, 3.8) is 0 Å². The molecule has 1 rings (SSSR count). The summed E-state index contributed by atoms with van der Waals surface area (Å²) in [5.41, 5.74) is 0. The van der Waals surface area contributed by atoms with E-state index >= 15 is 0 Å². The molecule has 20 heavy (non-hydrogen) atoms. The highest BCUT2D eigenvalue weighted by molar-refractivity contribution is 5.75. The fourth-order valence-corrected chi connectivity index (χ4v) is 1.56. The number of ether oxygens (including phenoxy) is 2. The van der Waals surface area contributed by atoms with E-state index in [-0.39, 0.29) is 12.0 Å². The average Bonchev–Trinajstić information content (AvgIpc) is 2.44. The molecule has 5 nitrogen and oxygen atoms in total. The Hall–Kier alpha value is -1.62. The average molecular weight is 280 g/mol. The van der Waals surface area contributed by atoms with Crippen LogP contribution in [0.5, 0.6) is 5.75 Å². The summed E-state index contributed by atoms with van der Waals surface area (Å²) in [6, 6.07) is 3.67. The predicted octanol–water partition coefficient (Wildman–Crippen LogP) is 2.17. The second-order valence-electron chi connectivity index (χ2n) is 4.76. The second kappa shape index (κ2) is 10.2. The Labute approximate surface area is 120 Å². The van der Waals surface area contributed by atoms with E-state index in [2.05, 4.69) is 10.3 Å². The van der Waals surface area contributed by atoms with Crippen LogP contribution in [0.15, 0.2) is 24.5 Å². The first kappa shape index (κ1) is 16.4. The summed E-state index contributed by atoms with van der Waals surface area (Å²) in [7, 11) is 0. The summed E-state index contributed by atoms with van der Waals surface area (Å²) >= 11 is 0. The van der Waals surface area contributed by atoms with E-state index in [1.54, 1.807) is 12.4 Å². The number of carbonyl (C=O) groups is 1. The number of pyridine rings is 1. The van der Waals surface area contributed by atoms with Crippen molar-refractivity contribution in [3.05, 3.63) is 24.5 Å². The number of hydrogen-bond donors (Lipinski definition) is 1. The molecule has 0 fully saturated rings. The molecule has 1 heterocycles. The van der Waals surface area contributed by atoms with E-state index in [0.717, 1.165) is 12.2 Å². The summed E-state index contributed by atoms with van der Waals surface area (Å²) in [5.74, 6) is 0.795. The lowest BCUT2D eigenvalue weighted by Crippen LogP contribution is -2.25. The van der Waals surface area contributed by atoms with Gasteiger partial charge in [-0.2, -0.15) is 0 Å². The largest absolute Gasteiger partial charge is 0.492 e. The SMILES string of the molecule is CC(C)OCCCNC(=O)CCCOc1cccnc1. The molecule has 0 aliphatic rings. The molecule has 0 saturated heterocycles. The van der Waals surface area contributed by atoms with Crippen LogP contribution in [0.3, 0.4) is 0 Å². The Morgan fingerprint density at radius 2 is 2.20 bits per heavy atom. The van der Waals surface area contributed by atoms with Crippen LogP contribution in [0.25, 0.3) is 0 Å². The number of aromatic nitrogens is 1. The van der Waals surface area contributed by atoms with Crippen LogP contribution in [0.4, 0.5) is 0 Å². The fraction of sp³-hybridized carbons (Fsp3) is 0.600. The summed E-state index contributed by atoms with van der Waals surface area (Å²) in [5, 5.41) is 2.87. The van der Waals surface area contributed by atoms with Crippen molar-refractivity contribution in [1.29, 1.82) is 0 Å². The van der Waals surface area contributed by atoms with E-state index in [0.29, 0.717) is 32.6 Å². The van der Waals surface area contributed by atoms with Gasteiger partial charge in [-0.1, -0.05) is 0 Å². The van der Waals surface area contributed by atoms with Gasteiger partial charge >= 0.3 is 0 Å². The van der Waals surface area contributed by atoms with Crippen LogP contribution in [0.1, 0.15) is 33.1 Å².